The Morgan fingerprint density at radius 3 is 2.54 bits per heavy atom. The lowest BCUT2D eigenvalue weighted by Gasteiger charge is -2.26. The van der Waals surface area contributed by atoms with E-state index in [1.54, 1.807) is 13.3 Å². The fraction of sp³-hybridized carbons (Fsp3) is 0.273. The van der Waals surface area contributed by atoms with Crippen LogP contribution in [0.4, 0.5) is 5.69 Å². The fourth-order valence-electron chi connectivity index (χ4n) is 2.91. The van der Waals surface area contributed by atoms with Crippen molar-refractivity contribution in [2.45, 2.75) is 26.4 Å². The molecule has 1 aromatic heterocycles. The Balaban J connectivity index is 1.65. The van der Waals surface area contributed by atoms with Gasteiger partial charge in [-0.2, -0.15) is 0 Å². The maximum atomic E-state index is 5.72. The highest BCUT2D eigenvalue weighted by molar-refractivity contribution is 7.80. The minimum Gasteiger partial charge on any atom is -0.497 e. The van der Waals surface area contributed by atoms with Crippen molar-refractivity contribution < 1.29 is 4.74 Å². The first kappa shape index (κ1) is 19.9. The summed E-state index contributed by atoms with van der Waals surface area (Å²) in [5, 5.41) is 4.07. The Kier molecular flexibility index (Phi) is 7.03. The second kappa shape index (κ2) is 9.90. The molecule has 0 radical (unpaired) electrons. The van der Waals surface area contributed by atoms with Crippen LogP contribution in [0.25, 0.3) is 0 Å². The summed E-state index contributed by atoms with van der Waals surface area (Å²) in [6.45, 7) is 4.64. The largest absolute Gasteiger partial charge is 0.497 e. The maximum Gasteiger partial charge on any atom is 0.173 e. The topological polar surface area (TPSA) is 42.3 Å². The third-order valence-corrected chi connectivity index (χ3v) is 4.89. The number of hydrogen-bond acceptors (Lipinski definition) is 3. The van der Waals surface area contributed by atoms with Gasteiger partial charge in [0.25, 0.3) is 0 Å². The lowest BCUT2D eigenvalue weighted by atomic mass is 10.1. The Bertz CT molecular complexity index is 861. The highest BCUT2D eigenvalue weighted by atomic mass is 32.1. The minimum absolute atomic E-state index is 0.719. The van der Waals surface area contributed by atoms with Crippen molar-refractivity contribution in [3.8, 4) is 5.75 Å². The van der Waals surface area contributed by atoms with Crippen LogP contribution < -0.4 is 10.1 Å². The minimum atomic E-state index is 0.719. The molecule has 6 heteroatoms. The van der Waals surface area contributed by atoms with E-state index in [4.69, 9.17) is 17.0 Å². The summed E-state index contributed by atoms with van der Waals surface area (Å²) in [5.74, 6) is 0.827. The van der Waals surface area contributed by atoms with Gasteiger partial charge in [0.15, 0.2) is 5.11 Å². The Morgan fingerprint density at radius 2 is 1.89 bits per heavy atom. The van der Waals surface area contributed by atoms with Crippen LogP contribution in [0.3, 0.4) is 0 Å². The summed E-state index contributed by atoms with van der Waals surface area (Å²) < 4.78 is 7.31. The van der Waals surface area contributed by atoms with E-state index in [1.807, 2.05) is 36.8 Å². The number of thiocarbonyl (C=S) groups is 1. The van der Waals surface area contributed by atoms with Gasteiger partial charge in [-0.25, -0.2) is 4.98 Å². The zero-order valence-corrected chi connectivity index (χ0v) is 17.2. The number of imidazole rings is 1. The van der Waals surface area contributed by atoms with Gasteiger partial charge in [0.05, 0.1) is 13.4 Å². The molecule has 5 nitrogen and oxygen atoms in total. The number of nitrogens with zero attached hydrogens (tertiary/aromatic N) is 3. The molecule has 0 bridgehead atoms. The fourth-order valence-corrected chi connectivity index (χ4v) is 3.18. The molecule has 3 aromatic rings. The molecule has 0 amide bonds. The van der Waals surface area contributed by atoms with Crippen molar-refractivity contribution in [2.24, 2.45) is 0 Å². The summed E-state index contributed by atoms with van der Waals surface area (Å²) in [7, 11) is 1.66. The SMILES string of the molecule is COc1ccc(NC(=S)N(CCCn2ccnc2)Cc2ccc(C)cc2)cc1. The summed E-state index contributed by atoms with van der Waals surface area (Å²) >= 11 is 5.72. The van der Waals surface area contributed by atoms with Gasteiger partial charge in [0.2, 0.25) is 0 Å². The van der Waals surface area contributed by atoms with E-state index in [-0.39, 0.29) is 0 Å². The molecule has 2 aromatic carbocycles. The van der Waals surface area contributed by atoms with Crippen molar-refractivity contribution in [1.82, 2.24) is 14.5 Å². The first-order chi connectivity index (χ1) is 13.6. The van der Waals surface area contributed by atoms with Gasteiger partial charge in [-0.3, -0.25) is 0 Å². The molecule has 0 unspecified atom stereocenters. The van der Waals surface area contributed by atoms with Crippen molar-refractivity contribution >= 4 is 23.0 Å². The molecule has 0 aliphatic heterocycles. The molecular weight excluding hydrogens is 368 g/mol. The van der Waals surface area contributed by atoms with Gasteiger partial charge in [-0.05, 0) is 55.4 Å². The number of benzene rings is 2. The van der Waals surface area contributed by atoms with Crippen LogP contribution in [-0.4, -0.2) is 33.2 Å². The molecule has 146 valence electrons. The summed E-state index contributed by atoms with van der Waals surface area (Å²) in [4.78, 5) is 6.31. The molecule has 28 heavy (non-hydrogen) atoms. The zero-order chi connectivity index (χ0) is 19.8. The Morgan fingerprint density at radius 1 is 1.14 bits per heavy atom. The molecule has 0 atom stereocenters. The second-order valence-electron chi connectivity index (χ2n) is 6.72. The third kappa shape index (κ3) is 5.82. The van der Waals surface area contributed by atoms with Crippen molar-refractivity contribution in [2.75, 3.05) is 19.0 Å². The van der Waals surface area contributed by atoms with Gasteiger partial charge >= 0.3 is 0 Å². The zero-order valence-electron chi connectivity index (χ0n) is 16.3. The molecule has 0 saturated carbocycles. The number of anilines is 1. The van der Waals surface area contributed by atoms with Gasteiger partial charge in [-0.15, -0.1) is 0 Å². The maximum absolute atomic E-state index is 5.72. The number of nitrogens with one attached hydrogen (secondary N) is 1. The van der Waals surface area contributed by atoms with Crippen LogP contribution in [0, 0.1) is 6.92 Å². The third-order valence-electron chi connectivity index (χ3n) is 4.53. The monoisotopic (exact) mass is 394 g/mol. The number of ether oxygens (including phenoxy) is 1. The molecule has 0 fully saturated rings. The number of aryl methyl sites for hydroxylation is 2. The highest BCUT2D eigenvalue weighted by Gasteiger charge is 2.11. The standard InChI is InChI=1S/C22H26N4OS/c1-18-4-6-19(7-5-18)16-26(14-3-13-25-15-12-23-17-25)22(28)24-20-8-10-21(27-2)11-9-20/h4-12,15,17H,3,13-14,16H2,1-2H3,(H,24,28). The van der Waals surface area contributed by atoms with Crippen LogP contribution in [0.5, 0.6) is 5.75 Å². The summed E-state index contributed by atoms with van der Waals surface area (Å²) in [6, 6.07) is 16.4. The predicted octanol–water partition coefficient (Wildman–Crippen LogP) is 4.49. The van der Waals surface area contributed by atoms with Crippen molar-refractivity contribution in [1.29, 1.82) is 0 Å². The summed E-state index contributed by atoms with van der Waals surface area (Å²) in [6.07, 6.45) is 6.61. The average molecular weight is 395 g/mol. The number of rotatable bonds is 8. The molecule has 0 spiro atoms. The molecular formula is C22H26N4OS. The molecule has 3 rings (SSSR count). The lowest BCUT2D eigenvalue weighted by Crippen LogP contribution is -2.35. The van der Waals surface area contributed by atoms with E-state index < -0.39 is 0 Å². The predicted molar refractivity (Wildman–Crippen MR) is 118 cm³/mol. The van der Waals surface area contributed by atoms with Gasteiger partial charge < -0.3 is 19.5 Å². The summed E-state index contributed by atoms with van der Waals surface area (Å²) in [5.41, 5.74) is 3.45. The number of methoxy groups -OCH3 is 1. The van der Waals surface area contributed by atoms with E-state index in [2.05, 4.69) is 51.0 Å². The second-order valence-corrected chi connectivity index (χ2v) is 7.11. The van der Waals surface area contributed by atoms with E-state index in [9.17, 15) is 0 Å². The van der Waals surface area contributed by atoms with Gasteiger partial charge in [0.1, 0.15) is 5.75 Å². The van der Waals surface area contributed by atoms with Crippen LogP contribution in [0.2, 0.25) is 0 Å². The molecule has 0 aliphatic carbocycles. The number of aromatic nitrogens is 2. The smallest absolute Gasteiger partial charge is 0.173 e. The molecule has 1 N–H and O–H groups in total. The number of hydrogen-bond donors (Lipinski definition) is 1. The molecule has 1 heterocycles. The Labute approximate surface area is 172 Å². The lowest BCUT2D eigenvalue weighted by molar-refractivity contribution is 0.396. The normalized spacial score (nSPS) is 10.5. The van der Waals surface area contributed by atoms with Crippen LogP contribution in [-0.2, 0) is 13.1 Å². The van der Waals surface area contributed by atoms with Crippen LogP contribution in [0.15, 0.2) is 67.3 Å². The Hall–Kier alpha value is -2.86. The first-order valence-corrected chi connectivity index (χ1v) is 9.76. The van der Waals surface area contributed by atoms with E-state index >= 15 is 0 Å². The quantitative estimate of drug-likeness (QED) is 0.570. The average Bonchev–Trinajstić information content (AvgIpc) is 3.23. The molecule has 0 saturated heterocycles. The van der Waals surface area contributed by atoms with Crippen LogP contribution >= 0.6 is 12.2 Å². The van der Waals surface area contributed by atoms with Gasteiger partial charge in [-0.1, -0.05) is 29.8 Å². The highest BCUT2D eigenvalue weighted by Crippen LogP contribution is 2.16. The van der Waals surface area contributed by atoms with Crippen LogP contribution in [0.1, 0.15) is 17.5 Å². The first-order valence-electron chi connectivity index (χ1n) is 9.35. The molecule has 0 aliphatic rings. The van der Waals surface area contributed by atoms with Crippen molar-refractivity contribution in [3.63, 3.8) is 0 Å². The van der Waals surface area contributed by atoms with E-state index in [0.29, 0.717) is 0 Å². The van der Waals surface area contributed by atoms with E-state index in [0.717, 1.165) is 42.6 Å². The van der Waals surface area contributed by atoms with Gasteiger partial charge in [0, 0.05) is 37.7 Å². The van der Waals surface area contributed by atoms with Crippen molar-refractivity contribution in [3.05, 3.63) is 78.4 Å². The van der Waals surface area contributed by atoms with E-state index in [1.165, 1.54) is 11.1 Å².